The molecule has 36 heavy (non-hydrogen) atoms. The van der Waals surface area contributed by atoms with Gasteiger partial charge in [-0.2, -0.15) is 0 Å². The fourth-order valence-corrected chi connectivity index (χ4v) is 13.8. The van der Waals surface area contributed by atoms with Crippen LogP contribution in [0, 0.1) is 72.4 Å². The molecule has 0 aliphatic heterocycles. The van der Waals surface area contributed by atoms with Crippen LogP contribution in [0.4, 0.5) is 0 Å². The molecule has 0 saturated heterocycles. The molecule has 208 valence electrons. The molecule has 0 amide bonds. The molecule has 0 nitrogen and oxygen atoms in total. The predicted molar refractivity (Wildman–Crippen MR) is 157 cm³/mol. The summed E-state index contributed by atoms with van der Waals surface area (Å²) in [7, 11) is 0. The van der Waals surface area contributed by atoms with Gasteiger partial charge in [0.2, 0.25) is 0 Å². The van der Waals surface area contributed by atoms with Gasteiger partial charge in [-0.25, -0.2) is 0 Å². The van der Waals surface area contributed by atoms with Crippen molar-refractivity contribution in [3.63, 3.8) is 0 Å². The van der Waals surface area contributed by atoms with Crippen LogP contribution in [0.2, 0.25) is 0 Å². The predicted octanol–water partition coefficient (Wildman–Crippen LogP) is 11.2. The Balaban J connectivity index is 1.62. The van der Waals surface area contributed by atoms with Crippen molar-refractivity contribution in [2.75, 3.05) is 0 Å². The van der Waals surface area contributed by atoms with E-state index in [9.17, 15) is 0 Å². The van der Waals surface area contributed by atoms with Crippen LogP contribution in [0.3, 0.4) is 0 Å². The Bertz CT molecular complexity index is 918. The minimum absolute atomic E-state index is 0.381. The van der Waals surface area contributed by atoms with Crippen molar-refractivity contribution in [3.05, 3.63) is 0 Å². The van der Waals surface area contributed by atoms with Gasteiger partial charge in [0, 0.05) is 0 Å². The zero-order valence-corrected chi connectivity index (χ0v) is 27.2. The van der Waals surface area contributed by atoms with Gasteiger partial charge < -0.3 is 0 Å². The molecule has 5 aliphatic rings. The molecule has 5 fully saturated rings. The average Bonchev–Trinajstić information content (AvgIpc) is 2.72. The van der Waals surface area contributed by atoms with Crippen molar-refractivity contribution >= 4 is 0 Å². The third kappa shape index (κ3) is 2.80. The van der Waals surface area contributed by atoms with Crippen molar-refractivity contribution in [1.82, 2.24) is 0 Å². The standard InChI is InChI=1S/C36H64/c1-24-23-33(11)25(30(6,7)29(24,4)5)15-17-34(12)26(33)16-18-35(13)27-31(8,9)28(2,3)19-20-32(27,10)21-22-36(34,35)14/h24-27H,15-23H2,1-14H3/t24?,25?,26?,27?,32-,33+,34-,35?,36?/m1/s1. The molecular weight excluding hydrogens is 432 g/mol. The molecule has 0 heterocycles. The molecule has 0 aromatic carbocycles. The molecule has 9 atom stereocenters. The highest BCUT2D eigenvalue weighted by Gasteiger charge is 2.75. The first-order chi connectivity index (χ1) is 16.1. The van der Waals surface area contributed by atoms with E-state index in [1.807, 2.05) is 0 Å². The Labute approximate surface area is 226 Å². The van der Waals surface area contributed by atoms with E-state index in [0.29, 0.717) is 48.7 Å². The lowest BCUT2D eigenvalue weighted by Gasteiger charge is -2.79. The Kier molecular flexibility index (Phi) is 5.51. The zero-order chi connectivity index (χ0) is 27.2. The Morgan fingerprint density at radius 2 is 1.03 bits per heavy atom. The third-order valence-corrected chi connectivity index (χ3v) is 17.6. The molecule has 5 rings (SSSR count). The first-order valence-electron chi connectivity index (χ1n) is 16.1. The van der Waals surface area contributed by atoms with E-state index in [2.05, 4.69) is 96.9 Å². The number of hydrogen-bond donors (Lipinski definition) is 0. The molecule has 0 aromatic rings. The summed E-state index contributed by atoms with van der Waals surface area (Å²) < 4.78 is 0. The van der Waals surface area contributed by atoms with E-state index in [-0.39, 0.29) is 0 Å². The second kappa shape index (κ2) is 7.19. The van der Waals surface area contributed by atoms with Gasteiger partial charge in [0.25, 0.3) is 0 Å². The van der Waals surface area contributed by atoms with E-state index in [4.69, 9.17) is 0 Å². The van der Waals surface area contributed by atoms with Crippen molar-refractivity contribution in [3.8, 4) is 0 Å². The first-order valence-corrected chi connectivity index (χ1v) is 16.1. The minimum Gasteiger partial charge on any atom is -0.0620 e. The maximum absolute atomic E-state index is 2.83. The number of fused-ring (bicyclic) bond motifs is 7. The van der Waals surface area contributed by atoms with Crippen molar-refractivity contribution in [2.45, 2.75) is 155 Å². The van der Waals surface area contributed by atoms with Gasteiger partial charge in [0.05, 0.1) is 0 Å². The summed E-state index contributed by atoms with van der Waals surface area (Å²) in [5, 5.41) is 0. The second-order valence-electron chi connectivity index (χ2n) is 19.1. The molecule has 6 unspecified atom stereocenters. The van der Waals surface area contributed by atoms with Gasteiger partial charge in [-0.1, -0.05) is 96.9 Å². The van der Waals surface area contributed by atoms with Gasteiger partial charge in [-0.05, 0) is 130 Å². The summed E-state index contributed by atoms with van der Waals surface area (Å²) in [5.41, 5.74) is 3.96. The van der Waals surface area contributed by atoms with E-state index in [1.54, 1.807) is 0 Å². The lowest BCUT2D eigenvalue weighted by Crippen LogP contribution is -2.72. The second-order valence-corrected chi connectivity index (χ2v) is 19.1. The Morgan fingerprint density at radius 1 is 0.500 bits per heavy atom. The van der Waals surface area contributed by atoms with E-state index < -0.39 is 0 Å². The van der Waals surface area contributed by atoms with Crippen LogP contribution < -0.4 is 0 Å². The third-order valence-electron chi connectivity index (χ3n) is 17.6. The first kappa shape index (κ1) is 27.6. The molecule has 0 spiro atoms. The van der Waals surface area contributed by atoms with Crippen LogP contribution in [-0.2, 0) is 0 Å². The number of hydrogen-bond acceptors (Lipinski definition) is 0. The normalized spacial score (nSPS) is 56.5. The van der Waals surface area contributed by atoms with Gasteiger partial charge in [0.1, 0.15) is 0 Å². The maximum atomic E-state index is 2.83. The highest BCUT2D eigenvalue weighted by molar-refractivity contribution is 5.24. The summed E-state index contributed by atoms with van der Waals surface area (Å²) in [6.07, 6.45) is 13.1. The highest BCUT2D eigenvalue weighted by atomic mass is 14.8. The molecule has 5 aliphatic carbocycles. The molecular formula is C36H64. The maximum Gasteiger partial charge on any atom is -0.0212 e. The van der Waals surface area contributed by atoms with Gasteiger partial charge in [-0.3, -0.25) is 0 Å². The van der Waals surface area contributed by atoms with Crippen LogP contribution in [-0.4, -0.2) is 0 Å². The van der Waals surface area contributed by atoms with Crippen molar-refractivity contribution < 1.29 is 0 Å². The summed E-state index contributed by atoms with van der Waals surface area (Å²) in [4.78, 5) is 0. The zero-order valence-electron chi connectivity index (χ0n) is 27.2. The lowest BCUT2D eigenvalue weighted by molar-refractivity contribution is -0.310. The molecule has 0 heteroatoms. The fraction of sp³-hybridized carbons (Fsp3) is 1.00. The Hall–Kier alpha value is 0. The van der Waals surface area contributed by atoms with Crippen LogP contribution >= 0.6 is 0 Å². The number of rotatable bonds is 0. The van der Waals surface area contributed by atoms with Crippen LogP contribution in [0.5, 0.6) is 0 Å². The van der Waals surface area contributed by atoms with Crippen molar-refractivity contribution in [1.29, 1.82) is 0 Å². The van der Waals surface area contributed by atoms with Gasteiger partial charge in [-0.15, -0.1) is 0 Å². The minimum atomic E-state index is 0.381. The fourth-order valence-electron chi connectivity index (χ4n) is 13.8. The van der Waals surface area contributed by atoms with Crippen LogP contribution in [0.15, 0.2) is 0 Å². The van der Waals surface area contributed by atoms with Gasteiger partial charge >= 0.3 is 0 Å². The topological polar surface area (TPSA) is 0 Å². The summed E-state index contributed by atoms with van der Waals surface area (Å²) in [5.74, 6) is 3.36. The van der Waals surface area contributed by atoms with E-state index in [0.717, 1.165) is 23.7 Å². The smallest absolute Gasteiger partial charge is 0.0212 e. The summed E-state index contributed by atoms with van der Waals surface area (Å²) >= 11 is 0. The molecule has 0 N–H and O–H groups in total. The van der Waals surface area contributed by atoms with E-state index in [1.165, 1.54) is 57.8 Å². The van der Waals surface area contributed by atoms with E-state index >= 15 is 0 Å². The largest absolute Gasteiger partial charge is 0.0620 e. The highest BCUT2D eigenvalue weighted by Crippen LogP contribution is 2.83. The van der Waals surface area contributed by atoms with Crippen LogP contribution in [0.1, 0.15) is 155 Å². The average molecular weight is 497 g/mol. The lowest BCUT2D eigenvalue weighted by atomic mass is 9.25. The Morgan fingerprint density at radius 3 is 1.64 bits per heavy atom. The van der Waals surface area contributed by atoms with Crippen LogP contribution in [0.25, 0.3) is 0 Å². The van der Waals surface area contributed by atoms with Gasteiger partial charge in [0.15, 0.2) is 0 Å². The molecule has 0 bridgehead atoms. The summed E-state index contributed by atoms with van der Waals surface area (Å²) in [6, 6.07) is 0. The van der Waals surface area contributed by atoms with Crippen molar-refractivity contribution in [2.24, 2.45) is 72.4 Å². The molecule has 0 aromatic heterocycles. The molecule has 5 saturated carbocycles. The summed E-state index contributed by atoms with van der Waals surface area (Å²) in [6.45, 7) is 37.7. The monoisotopic (exact) mass is 497 g/mol. The quantitative estimate of drug-likeness (QED) is 0.313. The molecule has 0 radical (unpaired) electrons. The SMILES string of the molecule is CC1C[C@@]2(C)C(CC[C@]3(C)C2CCC2(C)C4C(C)(C)C(C)(C)CC[C@]4(C)CCC23C)C(C)(C)C1(C)C.